The van der Waals surface area contributed by atoms with Crippen molar-refractivity contribution in [2.75, 3.05) is 37.6 Å². The zero-order valence-electron chi connectivity index (χ0n) is 20.4. The minimum atomic E-state index is -2.31. The second-order valence-corrected chi connectivity index (χ2v) is 8.19. The van der Waals surface area contributed by atoms with E-state index in [0.717, 1.165) is 5.56 Å². The Kier molecular flexibility index (Phi) is 8.03. The molecular weight excluding hydrogens is 498 g/mol. The Labute approximate surface area is 220 Å². The number of rotatable bonds is 5. The van der Waals surface area contributed by atoms with Gasteiger partial charge in [0.05, 0.1) is 0 Å². The number of aliphatic carboxylic acids is 1. The van der Waals surface area contributed by atoms with Gasteiger partial charge in [0, 0.05) is 61.8 Å². The molecule has 0 amide bonds. The molecule has 0 aliphatic carbocycles. The largest absolute Gasteiger partial charge is 0.479 e. The normalized spacial score (nSPS) is 18.3. The topological polar surface area (TPSA) is 154 Å². The van der Waals surface area contributed by atoms with Crippen LogP contribution in [0.15, 0.2) is 48.7 Å². The van der Waals surface area contributed by atoms with Gasteiger partial charge in [-0.2, -0.15) is 4.98 Å². The lowest BCUT2D eigenvalue weighted by Gasteiger charge is -2.44. The fourth-order valence-corrected chi connectivity index (χ4v) is 4.41. The van der Waals surface area contributed by atoms with E-state index in [1.165, 1.54) is 20.4 Å². The molecule has 2 unspecified atom stereocenters. The summed E-state index contributed by atoms with van der Waals surface area (Å²) in [6.07, 6.45) is 0.366. The number of aromatic nitrogens is 2. The van der Waals surface area contributed by atoms with Crippen LogP contribution >= 0.6 is 12.4 Å². The molecule has 37 heavy (non-hydrogen) atoms. The number of anilines is 3. The number of carbonyl (C=O) groups is 2. The van der Waals surface area contributed by atoms with Crippen molar-refractivity contribution in [3.05, 3.63) is 76.5 Å². The van der Waals surface area contributed by atoms with Crippen molar-refractivity contribution in [2.45, 2.75) is 18.2 Å². The SMILES string of the molecule is COC1N(C)c2ccc(C#Cc3ccccc3)c(Cc3cnc(N)nc3N)c2C(=O)C1(OC)C(=O)O.Cl. The summed E-state index contributed by atoms with van der Waals surface area (Å²) in [5.41, 5.74) is 12.3. The zero-order valence-corrected chi connectivity index (χ0v) is 21.2. The first-order valence-electron chi connectivity index (χ1n) is 10.9. The average Bonchev–Trinajstić information content (AvgIpc) is 2.87. The first-order valence-corrected chi connectivity index (χ1v) is 10.9. The van der Waals surface area contributed by atoms with E-state index in [4.69, 9.17) is 20.9 Å². The highest BCUT2D eigenvalue weighted by Gasteiger charge is 2.60. The number of nitrogens with two attached hydrogens (primary N) is 2. The molecule has 0 spiro atoms. The van der Waals surface area contributed by atoms with E-state index in [1.807, 2.05) is 30.3 Å². The maximum absolute atomic E-state index is 14.0. The number of hydrogen-bond acceptors (Lipinski definition) is 9. The number of hydrogen-bond donors (Lipinski definition) is 3. The van der Waals surface area contributed by atoms with Crippen molar-refractivity contribution >= 4 is 41.6 Å². The van der Waals surface area contributed by atoms with E-state index in [-0.39, 0.29) is 36.2 Å². The summed E-state index contributed by atoms with van der Waals surface area (Å²) in [6.45, 7) is 0. The van der Waals surface area contributed by atoms with Gasteiger partial charge in [-0.15, -0.1) is 12.4 Å². The summed E-state index contributed by atoms with van der Waals surface area (Å²) in [5, 5.41) is 10.1. The summed E-state index contributed by atoms with van der Waals surface area (Å²) >= 11 is 0. The molecule has 2 heterocycles. The Bertz CT molecular complexity index is 1410. The number of carbonyl (C=O) groups excluding carboxylic acids is 1. The Morgan fingerprint density at radius 2 is 1.86 bits per heavy atom. The number of ketones is 1. The predicted molar refractivity (Wildman–Crippen MR) is 141 cm³/mol. The second kappa shape index (κ2) is 10.8. The third kappa shape index (κ3) is 4.68. The number of nitrogens with zero attached hydrogens (tertiary/aromatic N) is 3. The van der Waals surface area contributed by atoms with Crippen LogP contribution in [-0.2, 0) is 20.7 Å². The number of carboxylic acid groups (broad SMARTS) is 1. The van der Waals surface area contributed by atoms with Crippen LogP contribution in [0.25, 0.3) is 0 Å². The molecule has 0 bridgehead atoms. The number of fused-ring (bicyclic) bond motifs is 1. The van der Waals surface area contributed by atoms with Crippen molar-refractivity contribution in [1.29, 1.82) is 0 Å². The maximum Gasteiger partial charge on any atom is 0.349 e. The maximum atomic E-state index is 14.0. The van der Waals surface area contributed by atoms with Gasteiger partial charge in [0.25, 0.3) is 5.60 Å². The molecular formula is C26H26ClN5O5. The monoisotopic (exact) mass is 523 g/mol. The first-order chi connectivity index (χ1) is 17.2. The smallest absolute Gasteiger partial charge is 0.349 e. The molecule has 10 nitrogen and oxygen atoms in total. The van der Waals surface area contributed by atoms with Gasteiger partial charge in [-0.05, 0) is 29.8 Å². The number of methoxy groups -OCH3 is 2. The average molecular weight is 524 g/mol. The molecule has 3 aromatic rings. The fourth-order valence-electron chi connectivity index (χ4n) is 4.41. The van der Waals surface area contributed by atoms with E-state index in [9.17, 15) is 14.7 Å². The lowest BCUT2D eigenvalue weighted by atomic mass is 9.80. The van der Waals surface area contributed by atoms with Crippen LogP contribution in [0, 0.1) is 11.8 Å². The highest BCUT2D eigenvalue weighted by atomic mass is 35.5. The number of nitrogen functional groups attached to an aromatic ring is 2. The summed E-state index contributed by atoms with van der Waals surface area (Å²) in [7, 11) is 4.13. The Balaban J connectivity index is 0.00000380. The van der Waals surface area contributed by atoms with Crippen LogP contribution < -0.4 is 16.4 Å². The van der Waals surface area contributed by atoms with E-state index >= 15 is 0 Å². The van der Waals surface area contributed by atoms with E-state index < -0.39 is 23.6 Å². The van der Waals surface area contributed by atoms with Crippen LogP contribution in [0.2, 0.25) is 0 Å². The summed E-state index contributed by atoms with van der Waals surface area (Å²) in [4.78, 5) is 36.0. The molecule has 11 heteroatoms. The number of Topliss-reactive ketones (excluding diaryl/α,β-unsaturated/α-hetero) is 1. The van der Waals surface area contributed by atoms with Crippen molar-refractivity contribution in [3.8, 4) is 11.8 Å². The summed E-state index contributed by atoms with van der Waals surface area (Å²) in [5.74, 6) is 4.14. The third-order valence-corrected chi connectivity index (χ3v) is 6.20. The van der Waals surface area contributed by atoms with Gasteiger partial charge in [-0.3, -0.25) is 4.79 Å². The van der Waals surface area contributed by atoms with Crippen molar-refractivity contribution in [3.63, 3.8) is 0 Å². The molecule has 0 radical (unpaired) electrons. The van der Waals surface area contributed by atoms with Gasteiger partial charge in [0.1, 0.15) is 5.82 Å². The number of ether oxygens (including phenoxy) is 2. The van der Waals surface area contributed by atoms with Crippen molar-refractivity contribution in [2.24, 2.45) is 0 Å². The van der Waals surface area contributed by atoms with Crippen LogP contribution in [0.5, 0.6) is 0 Å². The molecule has 2 atom stereocenters. The van der Waals surface area contributed by atoms with Crippen LogP contribution in [0.1, 0.15) is 32.6 Å². The number of likely N-dealkylation sites (N-methyl/N-ethyl adjacent to an activating group) is 1. The lowest BCUT2D eigenvalue weighted by Crippen LogP contribution is -2.66. The Morgan fingerprint density at radius 1 is 1.16 bits per heavy atom. The quantitative estimate of drug-likeness (QED) is 0.334. The molecule has 1 aliphatic heterocycles. The van der Waals surface area contributed by atoms with E-state index in [1.54, 1.807) is 24.1 Å². The van der Waals surface area contributed by atoms with Crippen LogP contribution in [0.4, 0.5) is 17.5 Å². The Hall–Kier alpha value is -4.17. The summed E-state index contributed by atoms with van der Waals surface area (Å²) in [6, 6.07) is 12.8. The lowest BCUT2D eigenvalue weighted by molar-refractivity contribution is -0.170. The highest BCUT2D eigenvalue weighted by molar-refractivity contribution is 6.20. The molecule has 0 fully saturated rings. The highest BCUT2D eigenvalue weighted by Crippen LogP contribution is 2.41. The molecule has 2 aromatic carbocycles. The van der Waals surface area contributed by atoms with E-state index in [0.29, 0.717) is 22.4 Å². The van der Waals surface area contributed by atoms with Gasteiger partial charge in [-0.25, -0.2) is 9.78 Å². The predicted octanol–water partition coefficient (Wildman–Crippen LogP) is 2.13. The Morgan fingerprint density at radius 3 is 2.46 bits per heavy atom. The van der Waals surface area contributed by atoms with Gasteiger partial charge in [0.2, 0.25) is 11.7 Å². The second-order valence-electron chi connectivity index (χ2n) is 8.19. The molecule has 0 saturated heterocycles. The van der Waals surface area contributed by atoms with Gasteiger partial charge < -0.3 is 30.9 Å². The molecule has 5 N–H and O–H groups in total. The first kappa shape index (κ1) is 27.4. The number of carboxylic acids is 1. The molecule has 1 aliphatic rings. The minimum Gasteiger partial charge on any atom is -0.479 e. The molecule has 192 valence electrons. The van der Waals surface area contributed by atoms with Gasteiger partial charge >= 0.3 is 5.97 Å². The minimum absolute atomic E-state index is 0. The molecule has 4 rings (SSSR count). The van der Waals surface area contributed by atoms with E-state index in [2.05, 4.69) is 21.8 Å². The number of halogens is 1. The standard InChI is InChI=1S/C26H25N5O5.ClH/c1-31-19-12-11-16(10-9-15-7-5-4-6-8-15)18(13-17-14-29-25(28)30-22(17)27)20(19)21(32)26(36-3,24(33)34)23(31)35-2;/h4-8,11-12,14,23H,13H2,1-3H3,(H,33,34)(H4,27,28,29,30);1H. The van der Waals surface area contributed by atoms with Crippen molar-refractivity contribution < 1.29 is 24.2 Å². The van der Waals surface area contributed by atoms with Crippen molar-refractivity contribution in [1.82, 2.24) is 9.97 Å². The van der Waals surface area contributed by atoms with Crippen LogP contribution in [0.3, 0.4) is 0 Å². The molecule has 0 saturated carbocycles. The zero-order chi connectivity index (χ0) is 26.0. The van der Waals surface area contributed by atoms with Gasteiger partial charge in [-0.1, -0.05) is 30.0 Å². The van der Waals surface area contributed by atoms with Crippen LogP contribution in [-0.4, -0.2) is 59.9 Å². The molecule has 1 aromatic heterocycles. The summed E-state index contributed by atoms with van der Waals surface area (Å²) < 4.78 is 10.8. The third-order valence-electron chi connectivity index (χ3n) is 6.20. The fraction of sp³-hybridized carbons (Fsp3) is 0.231. The van der Waals surface area contributed by atoms with Gasteiger partial charge in [0.15, 0.2) is 6.23 Å². The number of benzene rings is 2.